The monoisotopic (exact) mass is 533 g/mol. The maximum atomic E-state index is 13.8. The van der Waals surface area contributed by atoms with Crippen LogP contribution in [0.25, 0.3) is 0 Å². The van der Waals surface area contributed by atoms with Crippen molar-refractivity contribution in [2.24, 2.45) is 0 Å². The summed E-state index contributed by atoms with van der Waals surface area (Å²) in [5, 5.41) is 3.09. The fraction of sp³-hybridized carbons (Fsp3) is 0.333. The van der Waals surface area contributed by atoms with Gasteiger partial charge in [-0.15, -0.1) is 0 Å². The summed E-state index contributed by atoms with van der Waals surface area (Å²) in [4.78, 5) is 28.6. The lowest BCUT2D eigenvalue weighted by molar-refractivity contribution is -0.139. The number of hydrogen-bond acceptors (Lipinski definition) is 4. The Balaban J connectivity index is 1.61. The molecule has 3 aromatic rings. The van der Waals surface area contributed by atoms with E-state index in [1.165, 1.54) is 17.0 Å². The molecule has 3 aromatic carbocycles. The van der Waals surface area contributed by atoms with E-state index in [0.717, 1.165) is 35.6 Å². The molecule has 1 saturated carbocycles. The zero-order valence-corrected chi connectivity index (χ0v) is 22.5. The molecule has 0 spiro atoms. The number of sulfonamides is 1. The van der Waals surface area contributed by atoms with Gasteiger partial charge in [0.15, 0.2) is 0 Å². The predicted molar refractivity (Wildman–Crippen MR) is 149 cm³/mol. The molecule has 0 radical (unpaired) electrons. The van der Waals surface area contributed by atoms with Crippen molar-refractivity contribution in [3.05, 3.63) is 96.6 Å². The smallest absolute Gasteiger partial charge is 0.264 e. The van der Waals surface area contributed by atoms with Crippen molar-refractivity contribution < 1.29 is 18.0 Å². The van der Waals surface area contributed by atoms with Crippen molar-refractivity contribution >= 4 is 27.5 Å². The minimum atomic E-state index is -4.03. The van der Waals surface area contributed by atoms with Gasteiger partial charge < -0.3 is 10.2 Å². The number of amides is 2. The van der Waals surface area contributed by atoms with Crippen molar-refractivity contribution in [1.29, 1.82) is 0 Å². The molecule has 4 rings (SSSR count). The van der Waals surface area contributed by atoms with E-state index in [1.54, 1.807) is 55.5 Å². The average Bonchev–Trinajstić information content (AvgIpc) is 3.46. The van der Waals surface area contributed by atoms with E-state index in [0.29, 0.717) is 12.1 Å². The highest BCUT2D eigenvalue weighted by molar-refractivity contribution is 7.92. The van der Waals surface area contributed by atoms with Crippen LogP contribution in [-0.4, -0.2) is 50.3 Å². The number of hydrogen-bond donors (Lipinski definition) is 1. The number of para-hydroxylation sites is 1. The van der Waals surface area contributed by atoms with Crippen molar-refractivity contribution in [3.8, 4) is 0 Å². The van der Waals surface area contributed by atoms with E-state index in [1.807, 2.05) is 30.3 Å². The summed E-state index contributed by atoms with van der Waals surface area (Å²) in [6.07, 6.45) is 4.59. The summed E-state index contributed by atoms with van der Waals surface area (Å²) in [6, 6.07) is 25.8. The van der Waals surface area contributed by atoms with Crippen molar-refractivity contribution in [2.45, 2.75) is 56.0 Å². The molecule has 1 aliphatic rings. The van der Waals surface area contributed by atoms with Gasteiger partial charge in [0.05, 0.1) is 10.6 Å². The van der Waals surface area contributed by atoms with Crippen LogP contribution in [-0.2, 0) is 26.0 Å². The molecule has 0 unspecified atom stereocenters. The van der Waals surface area contributed by atoms with Gasteiger partial charge in [-0.3, -0.25) is 13.9 Å². The molecular formula is C30H35N3O4S. The number of carbonyl (C=O) groups excluding carboxylic acids is 2. The van der Waals surface area contributed by atoms with Crippen LogP contribution in [0.4, 0.5) is 5.69 Å². The Morgan fingerprint density at radius 3 is 2.03 bits per heavy atom. The van der Waals surface area contributed by atoms with Crippen LogP contribution in [0.15, 0.2) is 95.9 Å². The first-order chi connectivity index (χ1) is 18.4. The zero-order valence-electron chi connectivity index (χ0n) is 21.7. The molecular weight excluding hydrogens is 498 g/mol. The molecule has 1 atom stereocenters. The lowest BCUT2D eigenvalue weighted by Crippen LogP contribution is -2.53. The van der Waals surface area contributed by atoms with Crippen molar-refractivity contribution in [1.82, 2.24) is 10.2 Å². The summed E-state index contributed by atoms with van der Waals surface area (Å²) in [5.41, 5.74) is 1.42. The van der Waals surface area contributed by atoms with Crippen LogP contribution in [0.2, 0.25) is 0 Å². The predicted octanol–water partition coefficient (Wildman–Crippen LogP) is 4.40. The third-order valence-corrected chi connectivity index (χ3v) is 8.80. The highest BCUT2D eigenvalue weighted by Gasteiger charge is 2.33. The Bertz CT molecular complexity index is 1300. The van der Waals surface area contributed by atoms with Gasteiger partial charge in [-0.1, -0.05) is 79.6 Å². The quantitative estimate of drug-likeness (QED) is 0.396. The van der Waals surface area contributed by atoms with E-state index in [2.05, 4.69) is 5.32 Å². The summed E-state index contributed by atoms with van der Waals surface area (Å²) in [7, 11) is -4.03. The van der Waals surface area contributed by atoms with Crippen LogP contribution < -0.4 is 9.62 Å². The van der Waals surface area contributed by atoms with E-state index in [-0.39, 0.29) is 23.4 Å². The molecule has 0 saturated heterocycles. The van der Waals surface area contributed by atoms with Crippen LogP contribution in [0.1, 0.15) is 38.2 Å². The Kier molecular flexibility index (Phi) is 9.18. The van der Waals surface area contributed by atoms with Crippen LogP contribution in [0, 0.1) is 0 Å². The molecule has 0 aromatic heterocycles. The molecule has 0 bridgehead atoms. The molecule has 0 heterocycles. The lowest BCUT2D eigenvalue weighted by Gasteiger charge is -2.32. The highest BCUT2D eigenvalue weighted by atomic mass is 32.2. The first kappa shape index (κ1) is 27.4. The summed E-state index contributed by atoms with van der Waals surface area (Å²) in [6.45, 7) is 1.58. The Morgan fingerprint density at radius 2 is 1.42 bits per heavy atom. The minimum Gasteiger partial charge on any atom is -0.352 e. The average molecular weight is 534 g/mol. The molecule has 8 heteroatoms. The van der Waals surface area contributed by atoms with Gasteiger partial charge in [-0.05, 0) is 56.0 Å². The maximum Gasteiger partial charge on any atom is 0.264 e. The SMILES string of the molecule is C[C@H](C(=O)NC1CCCC1)N(CCc1ccccc1)C(=O)CN(c1ccccc1)S(=O)(=O)c1ccccc1. The lowest BCUT2D eigenvalue weighted by atomic mass is 10.1. The molecule has 1 N–H and O–H groups in total. The largest absolute Gasteiger partial charge is 0.352 e. The molecule has 38 heavy (non-hydrogen) atoms. The van der Waals surface area contributed by atoms with Crippen LogP contribution >= 0.6 is 0 Å². The molecule has 1 fully saturated rings. The highest BCUT2D eigenvalue weighted by Crippen LogP contribution is 2.24. The van der Waals surface area contributed by atoms with Gasteiger partial charge in [0.1, 0.15) is 12.6 Å². The number of nitrogens with one attached hydrogen (secondary N) is 1. The minimum absolute atomic E-state index is 0.0968. The topological polar surface area (TPSA) is 86.8 Å². The second kappa shape index (κ2) is 12.7. The van der Waals surface area contributed by atoms with E-state index < -0.39 is 28.5 Å². The fourth-order valence-electron chi connectivity index (χ4n) is 4.80. The number of carbonyl (C=O) groups is 2. The molecule has 7 nitrogen and oxygen atoms in total. The number of nitrogens with zero attached hydrogens (tertiary/aromatic N) is 2. The third kappa shape index (κ3) is 6.81. The molecule has 200 valence electrons. The van der Waals surface area contributed by atoms with E-state index >= 15 is 0 Å². The Hall–Kier alpha value is -3.65. The van der Waals surface area contributed by atoms with Gasteiger partial charge >= 0.3 is 0 Å². The third-order valence-electron chi connectivity index (χ3n) is 7.01. The van der Waals surface area contributed by atoms with Crippen molar-refractivity contribution in [3.63, 3.8) is 0 Å². The fourth-order valence-corrected chi connectivity index (χ4v) is 6.24. The maximum absolute atomic E-state index is 13.8. The van der Waals surface area contributed by atoms with Gasteiger partial charge in [-0.25, -0.2) is 8.42 Å². The van der Waals surface area contributed by atoms with E-state index in [4.69, 9.17) is 0 Å². The van der Waals surface area contributed by atoms with Gasteiger partial charge in [-0.2, -0.15) is 0 Å². The number of anilines is 1. The van der Waals surface area contributed by atoms with Gasteiger partial charge in [0.2, 0.25) is 11.8 Å². The first-order valence-electron chi connectivity index (χ1n) is 13.1. The van der Waals surface area contributed by atoms with Gasteiger partial charge in [0, 0.05) is 12.6 Å². The normalized spacial score (nSPS) is 14.6. The Labute approximate surface area is 225 Å². The zero-order chi connectivity index (χ0) is 27.0. The van der Waals surface area contributed by atoms with Crippen molar-refractivity contribution in [2.75, 3.05) is 17.4 Å². The number of benzene rings is 3. The van der Waals surface area contributed by atoms with Crippen LogP contribution in [0.5, 0.6) is 0 Å². The van der Waals surface area contributed by atoms with Crippen LogP contribution in [0.3, 0.4) is 0 Å². The standard InChI is InChI=1S/C30H35N3O4S/c1-24(30(35)31-26-15-11-12-16-26)32(22-21-25-13-5-2-6-14-25)29(34)23-33(27-17-7-3-8-18-27)38(36,37)28-19-9-4-10-20-28/h2-10,13-14,17-20,24,26H,11-12,15-16,21-23H2,1H3,(H,31,35)/t24-/m1/s1. The first-order valence-corrected chi connectivity index (χ1v) is 14.6. The summed E-state index contributed by atoms with van der Waals surface area (Å²) < 4.78 is 28.5. The second-order valence-corrected chi connectivity index (χ2v) is 11.5. The molecule has 1 aliphatic carbocycles. The Morgan fingerprint density at radius 1 is 0.868 bits per heavy atom. The molecule has 0 aliphatic heterocycles. The molecule has 2 amide bonds. The summed E-state index contributed by atoms with van der Waals surface area (Å²) in [5.74, 6) is -0.645. The second-order valence-electron chi connectivity index (χ2n) is 9.65. The summed E-state index contributed by atoms with van der Waals surface area (Å²) >= 11 is 0. The van der Waals surface area contributed by atoms with Gasteiger partial charge in [0.25, 0.3) is 10.0 Å². The van der Waals surface area contributed by atoms with E-state index in [9.17, 15) is 18.0 Å². The number of rotatable bonds is 11.